The molecule has 1 atom stereocenters. The quantitative estimate of drug-likeness (QED) is 0.642. The van der Waals surface area contributed by atoms with Gasteiger partial charge in [-0.15, -0.1) is 0 Å². The third kappa shape index (κ3) is 4.40. The second-order valence-corrected chi connectivity index (χ2v) is 4.75. The van der Waals surface area contributed by atoms with Crippen molar-refractivity contribution in [3.05, 3.63) is 0 Å². The Morgan fingerprint density at radius 1 is 1.36 bits per heavy atom. The van der Waals surface area contributed by atoms with Crippen molar-refractivity contribution in [2.45, 2.75) is 45.3 Å². The van der Waals surface area contributed by atoms with Gasteiger partial charge in [-0.1, -0.05) is 13.8 Å². The molecule has 0 aromatic rings. The Bertz CT molecular complexity index is 157. The molecule has 1 aliphatic carbocycles. The van der Waals surface area contributed by atoms with Crippen LogP contribution in [-0.4, -0.2) is 47.0 Å². The zero-order valence-electron chi connectivity index (χ0n) is 9.32. The minimum absolute atomic E-state index is 0.120. The summed E-state index contributed by atoms with van der Waals surface area (Å²) in [5.41, 5.74) is 0. The fourth-order valence-electron chi connectivity index (χ4n) is 1.62. The zero-order valence-corrected chi connectivity index (χ0v) is 9.32. The highest BCUT2D eigenvalue weighted by Gasteiger charge is 2.29. The first-order chi connectivity index (χ1) is 6.63. The highest BCUT2D eigenvalue weighted by atomic mass is 16.3. The fraction of sp³-hybridized carbons (Fsp3) is 1.00. The van der Waals surface area contributed by atoms with E-state index in [1.54, 1.807) is 0 Å². The van der Waals surface area contributed by atoms with Crippen LogP contribution in [0.1, 0.15) is 33.1 Å². The lowest BCUT2D eigenvalue weighted by Gasteiger charge is -2.24. The van der Waals surface area contributed by atoms with Gasteiger partial charge in [0.1, 0.15) is 0 Å². The lowest BCUT2D eigenvalue weighted by atomic mass is 10.1. The summed E-state index contributed by atoms with van der Waals surface area (Å²) in [5.74, 6) is 0.711. The highest BCUT2D eigenvalue weighted by molar-refractivity contribution is 4.85. The van der Waals surface area contributed by atoms with Crippen LogP contribution in [0, 0.1) is 5.92 Å². The van der Waals surface area contributed by atoms with Crippen molar-refractivity contribution in [1.82, 2.24) is 4.90 Å². The molecule has 1 rings (SSSR count). The van der Waals surface area contributed by atoms with Gasteiger partial charge in [-0.05, 0) is 31.7 Å². The van der Waals surface area contributed by atoms with Crippen molar-refractivity contribution in [2.75, 3.05) is 19.7 Å². The minimum Gasteiger partial charge on any atom is -0.394 e. The molecule has 84 valence electrons. The van der Waals surface area contributed by atoms with Gasteiger partial charge in [0, 0.05) is 12.6 Å². The average Bonchev–Trinajstić information content (AvgIpc) is 2.94. The van der Waals surface area contributed by atoms with E-state index < -0.39 is 6.10 Å². The van der Waals surface area contributed by atoms with E-state index in [0.29, 0.717) is 18.5 Å². The molecule has 14 heavy (non-hydrogen) atoms. The monoisotopic (exact) mass is 201 g/mol. The molecule has 1 fully saturated rings. The largest absolute Gasteiger partial charge is 0.394 e. The van der Waals surface area contributed by atoms with Crippen LogP contribution in [0.4, 0.5) is 0 Å². The lowest BCUT2D eigenvalue weighted by Crippen LogP contribution is -2.37. The van der Waals surface area contributed by atoms with E-state index in [0.717, 1.165) is 6.54 Å². The molecule has 1 saturated carbocycles. The lowest BCUT2D eigenvalue weighted by molar-refractivity contribution is 0.0551. The molecule has 1 unspecified atom stereocenters. The van der Waals surface area contributed by atoms with E-state index in [9.17, 15) is 5.11 Å². The van der Waals surface area contributed by atoms with E-state index in [2.05, 4.69) is 18.7 Å². The van der Waals surface area contributed by atoms with Gasteiger partial charge in [0.05, 0.1) is 12.7 Å². The summed E-state index contributed by atoms with van der Waals surface area (Å²) >= 11 is 0. The number of aliphatic hydroxyl groups is 2. The number of rotatable bonds is 7. The van der Waals surface area contributed by atoms with Crippen molar-refractivity contribution in [3.63, 3.8) is 0 Å². The summed E-state index contributed by atoms with van der Waals surface area (Å²) in [6.45, 7) is 6.00. The first-order valence-corrected chi connectivity index (χ1v) is 5.66. The Labute approximate surface area is 86.7 Å². The molecule has 3 nitrogen and oxygen atoms in total. The fourth-order valence-corrected chi connectivity index (χ4v) is 1.62. The van der Waals surface area contributed by atoms with E-state index in [4.69, 9.17) is 5.11 Å². The summed E-state index contributed by atoms with van der Waals surface area (Å²) in [7, 11) is 0. The molecule has 0 radical (unpaired) electrons. The molecule has 0 amide bonds. The molecule has 2 N–H and O–H groups in total. The molecule has 0 aromatic heterocycles. The second-order valence-electron chi connectivity index (χ2n) is 4.75. The molecule has 0 saturated heterocycles. The Morgan fingerprint density at radius 3 is 2.43 bits per heavy atom. The van der Waals surface area contributed by atoms with E-state index >= 15 is 0 Å². The maximum absolute atomic E-state index is 9.38. The number of aliphatic hydroxyl groups excluding tert-OH is 2. The molecule has 3 heteroatoms. The van der Waals surface area contributed by atoms with Crippen molar-refractivity contribution in [3.8, 4) is 0 Å². The maximum Gasteiger partial charge on any atom is 0.0897 e. The first-order valence-electron chi connectivity index (χ1n) is 5.66. The third-order valence-electron chi connectivity index (χ3n) is 2.71. The Kier molecular flexibility index (Phi) is 4.85. The average molecular weight is 201 g/mol. The van der Waals surface area contributed by atoms with Crippen LogP contribution in [0.5, 0.6) is 0 Å². The van der Waals surface area contributed by atoms with E-state index in [1.807, 2.05) is 0 Å². The van der Waals surface area contributed by atoms with Gasteiger partial charge >= 0.3 is 0 Å². The van der Waals surface area contributed by atoms with Crippen LogP contribution in [0.3, 0.4) is 0 Å². The molecule has 0 aromatic carbocycles. The van der Waals surface area contributed by atoms with Crippen LogP contribution in [0.2, 0.25) is 0 Å². The summed E-state index contributed by atoms with van der Waals surface area (Å²) in [4.78, 5) is 2.32. The third-order valence-corrected chi connectivity index (χ3v) is 2.71. The maximum atomic E-state index is 9.38. The predicted octanol–water partition coefficient (Wildman–Crippen LogP) is 0.850. The highest BCUT2D eigenvalue weighted by Crippen LogP contribution is 2.27. The van der Waals surface area contributed by atoms with Crippen molar-refractivity contribution < 1.29 is 10.2 Å². The molecular formula is C11H23NO2. The summed E-state index contributed by atoms with van der Waals surface area (Å²) in [5, 5.41) is 18.2. The molecule has 0 aliphatic heterocycles. The van der Waals surface area contributed by atoms with Crippen LogP contribution < -0.4 is 0 Å². The van der Waals surface area contributed by atoms with Gasteiger partial charge in [0.25, 0.3) is 0 Å². The normalized spacial score (nSPS) is 19.3. The second kappa shape index (κ2) is 5.69. The van der Waals surface area contributed by atoms with Gasteiger partial charge in [-0.3, -0.25) is 4.90 Å². The van der Waals surface area contributed by atoms with Crippen molar-refractivity contribution in [2.24, 2.45) is 5.92 Å². The van der Waals surface area contributed by atoms with Gasteiger partial charge in [0.2, 0.25) is 0 Å². The predicted molar refractivity (Wildman–Crippen MR) is 57.1 cm³/mol. The van der Waals surface area contributed by atoms with Gasteiger partial charge in [-0.25, -0.2) is 0 Å². The minimum atomic E-state index is -0.567. The summed E-state index contributed by atoms with van der Waals surface area (Å²) in [6.07, 6.45) is 3.13. The van der Waals surface area contributed by atoms with E-state index in [-0.39, 0.29) is 6.61 Å². The van der Waals surface area contributed by atoms with Crippen LogP contribution in [-0.2, 0) is 0 Å². The zero-order chi connectivity index (χ0) is 10.6. The smallest absolute Gasteiger partial charge is 0.0897 e. The van der Waals surface area contributed by atoms with Crippen LogP contribution >= 0.6 is 0 Å². The van der Waals surface area contributed by atoms with Crippen molar-refractivity contribution >= 4 is 0 Å². The Balaban J connectivity index is 2.24. The summed E-state index contributed by atoms with van der Waals surface area (Å²) < 4.78 is 0. The Hall–Kier alpha value is -0.120. The number of nitrogens with zero attached hydrogens (tertiary/aromatic N) is 1. The van der Waals surface area contributed by atoms with Crippen molar-refractivity contribution in [1.29, 1.82) is 0 Å². The SMILES string of the molecule is CC(C)CCN(CC(O)CO)C1CC1. The Morgan fingerprint density at radius 2 is 2.00 bits per heavy atom. The van der Waals surface area contributed by atoms with Gasteiger partial charge < -0.3 is 10.2 Å². The number of hydrogen-bond donors (Lipinski definition) is 2. The van der Waals surface area contributed by atoms with E-state index in [1.165, 1.54) is 19.3 Å². The van der Waals surface area contributed by atoms with Crippen LogP contribution in [0.25, 0.3) is 0 Å². The molecule has 1 aliphatic rings. The van der Waals surface area contributed by atoms with Gasteiger partial charge in [-0.2, -0.15) is 0 Å². The standard InChI is InChI=1S/C11H23NO2/c1-9(2)5-6-12(10-3-4-10)7-11(14)8-13/h9-11,13-14H,3-8H2,1-2H3. The molecule has 0 heterocycles. The molecular weight excluding hydrogens is 178 g/mol. The molecule has 0 bridgehead atoms. The first kappa shape index (κ1) is 12.0. The molecule has 0 spiro atoms. The topological polar surface area (TPSA) is 43.7 Å². The van der Waals surface area contributed by atoms with Crippen LogP contribution in [0.15, 0.2) is 0 Å². The summed E-state index contributed by atoms with van der Waals surface area (Å²) in [6, 6.07) is 0.676. The van der Waals surface area contributed by atoms with Gasteiger partial charge in [0.15, 0.2) is 0 Å². The number of hydrogen-bond acceptors (Lipinski definition) is 3.